The molecule has 0 atom stereocenters. The van der Waals surface area contributed by atoms with Crippen LogP contribution in [0.25, 0.3) is 0 Å². The minimum absolute atomic E-state index is 0.218. The maximum Gasteiger partial charge on any atom is 0.363 e. The summed E-state index contributed by atoms with van der Waals surface area (Å²) < 4.78 is 5.04. The van der Waals surface area contributed by atoms with Crippen LogP contribution in [0.1, 0.15) is 5.56 Å². The summed E-state index contributed by atoms with van der Waals surface area (Å²) in [7, 11) is 1.48. The van der Waals surface area contributed by atoms with Gasteiger partial charge in [-0.1, -0.05) is 23.2 Å². The third-order valence-corrected chi connectivity index (χ3v) is 2.75. The fourth-order valence-electron chi connectivity index (χ4n) is 1.39. The molecule has 104 valence electrons. The summed E-state index contributed by atoms with van der Waals surface area (Å²) in [5, 5.41) is 10.4. The first kappa shape index (κ1) is 14.3. The van der Waals surface area contributed by atoms with E-state index in [1.807, 2.05) is 0 Å². The van der Waals surface area contributed by atoms with Gasteiger partial charge in [0.2, 0.25) is 0 Å². The van der Waals surface area contributed by atoms with Crippen LogP contribution in [0.4, 0.5) is 5.82 Å². The molecule has 0 aliphatic rings. The van der Waals surface area contributed by atoms with E-state index in [1.54, 1.807) is 12.1 Å². The zero-order valence-electron chi connectivity index (χ0n) is 10.2. The molecular weight excluding hydrogens is 305 g/mol. The second-order valence-corrected chi connectivity index (χ2v) is 4.37. The molecule has 20 heavy (non-hydrogen) atoms. The molecule has 9 heteroatoms. The fourth-order valence-corrected chi connectivity index (χ4v) is 2.05. The molecule has 0 radical (unpaired) electrons. The number of hydrogen-bond donors (Lipinski definition) is 2. The number of hydrogen-bond acceptors (Lipinski definition) is 6. The van der Waals surface area contributed by atoms with Crippen molar-refractivity contribution in [3.05, 3.63) is 44.4 Å². The van der Waals surface area contributed by atoms with Gasteiger partial charge in [0, 0.05) is 0 Å². The Morgan fingerprint density at radius 1 is 1.40 bits per heavy atom. The van der Waals surface area contributed by atoms with Crippen LogP contribution in [0.15, 0.2) is 28.2 Å². The lowest BCUT2D eigenvalue weighted by molar-refractivity contribution is 0.415. The van der Waals surface area contributed by atoms with Crippen molar-refractivity contribution in [2.45, 2.75) is 0 Å². The van der Waals surface area contributed by atoms with Crippen LogP contribution in [-0.4, -0.2) is 28.5 Å². The van der Waals surface area contributed by atoms with Crippen molar-refractivity contribution in [1.29, 1.82) is 0 Å². The van der Waals surface area contributed by atoms with Crippen molar-refractivity contribution in [1.82, 2.24) is 15.2 Å². The molecule has 2 aromatic rings. The van der Waals surface area contributed by atoms with Gasteiger partial charge in [0.15, 0.2) is 11.6 Å². The van der Waals surface area contributed by atoms with Crippen molar-refractivity contribution < 1.29 is 4.74 Å². The summed E-state index contributed by atoms with van der Waals surface area (Å²) in [6.45, 7) is 0. The zero-order valence-corrected chi connectivity index (χ0v) is 11.7. The summed E-state index contributed by atoms with van der Waals surface area (Å²) in [5.74, 6) is 0.620. The maximum absolute atomic E-state index is 10.9. The number of nitrogens with zero attached hydrogens (tertiary/aromatic N) is 3. The zero-order chi connectivity index (χ0) is 14.5. The van der Waals surface area contributed by atoms with Gasteiger partial charge in [-0.15, -0.1) is 0 Å². The Bertz CT molecular complexity index is 678. The second kappa shape index (κ2) is 6.36. The van der Waals surface area contributed by atoms with Gasteiger partial charge in [0.25, 0.3) is 0 Å². The third kappa shape index (κ3) is 3.46. The van der Waals surface area contributed by atoms with Gasteiger partial charge in [-0.2, -0.15) is 15.2 Å². The highest BCUT2D eigenvalue weighted by Crippen LogP contribution is 2.33. The molecule has 0 amide bonds. The summed E-state index contributed by atoms with van der Waals surface area (Å²) in [6, 6.07) is 3.28. The van der Waals surface area contributed by atoms with Crippen LogP contribution in [-0.2, 0) is 0 Å². The number of anilines is 1. The number of aromatic amines is 1. The minimum Gasteiger partial charge on any atom is -0.494 e. The number of benzene rings is 1. The Balaban J connectivity index is 2.14. The van der Waals surface area contributed by atoms with Crippen molar-refractivity contribution in [2.24, 2.45) is 5.10 Å². The molecule has 1 heterocycles. The molecule has 2 rings (SSSR count). The number of H-pyrrole nitrogens is 1. The number of aromatic nitrogens is 3. The Morgan fingerprint density at radius 3 is 2.70 bits per heavy atom. The quantitative estimate of drug-likeness (QED) is 0.664. The third-order valence-electron chi connectivity index (χ3n) is 2.19. The van der Waals surface area contributed by atoms with Gasteiger partial charge in [-0.25, -0.2) is 9.89 Å². The van der Waals surface area contributed by atoms with E-state index in [4.69, 9.17) is 27.9 Å². The molecule has 0 saturated carbocycles. The van der Waals surface area contributed by atoms with Crippen LogP contribution < -0.4 is 15.9 Å². The number of hydrazone groups is 1. The van der Waals surface area contributed by atoms with Crippen molar-refractivity contribution in [2.75, 3.05) is 12.5 Å². The molecule has 2 N–H and O–H groups in total. The van der Waals surface area contributed by atoms with Crippen molar-refractivity contribution >= 4 is 35.2 Å². The SMILES string of the molecule is COc1c(Cl)cc(/C=N/Nc2cn[nH]c(=O)n2)cc1Cl. The molecule has 0 unspecified atom stereocenters. The van der Waals surface area contributed by atoms with Gasteiger partial charge < -0.3 is 4.74 Å². The van der Waals surface area contributed by atoms with Gasteiger partial charge in [-0.3, -0.25) is 5.43 Å². The smallest absolute Gasteiger partial charge is 0.363 e. The number of halogens is 2. The lowest BCUT2D eigenvalue weighted by atomic mass is 10.2. The average Bonchev–Trinajstić information content (AvgIpc) is 2.38. The minimum atomic E-state index is -0.569. The second-order valence-electron chi connectivity index (χ2n) is 3.56. The Labute approximate surface area is 123 Å². The van der Waals surface area contributed by atoms with Crippen molar-refractivity contribution in [3.8, 4) is 5.75 Å². The number of methoxy groups -OCH3 is 1. The van der Waals surface area contributed by atoms with E-state index >= 15 is 0 Å². The first-order chi connectivity index (χ1) is 9.60. The van der Waals surface area contributed by atoms with Crippen LogP contribution in [0.3, 0.4) is 0 Å². The number of ether oxygens (including phenoxy) is 1. The predicted octanol–water partition coefficient (Wildman–Crippen LogP) is 1.93. The molecular formula is C11H9Cl2N5O2. The summed E-state index contributed by atoms with van der Waals surface area (Å²) in [6.07, 6.45) is 2.80. The van der Waals surface area contributed by atoms with Crippen LogP contribution in [0.5, 0.6) is 5.75 Å². The Hall–Kier alpha value is -2.12. The number of nitrogens with one attached hydrogen (secondary N) is 2. The first-order valence-corrected chi connectivity index (χ1v) is 6.09. The molecule has 0 fully saturated rings. The lowest BCUT2D eigenvalue weighted by Crippen LogP contribution is -2.13. The van der Waals surface area contributed by atoms with E-state index < -0.39 is 5.69 Å². The van der Waals surface area contributed by atoms with Crippen molar-refractivity contribution in [3.63, 3.8) is 0 Å². The lowest BCUT2D eigenvalue weighted by Gasteiger charge is -2.06. The van der Waals surface area contributed by atoms with E-state index in [-0.39, 0.29) is 5.82 Å². The molecule has 0 aliphatic carbocycles. The highest BCUT2D eigenvalue weighted by atomic mass is 35.5. The van der Waals surface area contributed by atoms with E-state index in [0.717, 1.165) is 0 Å². The van der Waals surface area contributed by atoms with Gasteiger partial charge >= 0.3 is 5.69 Å². The maximum atomic E-state index is 10.9. The molecule has 0 spiro atoms. The average molecular weight is 314 g/mol. The van der Waals surface area contributed by atoms with E-state index in [1.165, 1.54) is 19.5 Å². The largest absolute Gasteiger partial charge is 0.494 e. The Kier molecular flexibility index (Phi) is 4.54. The predicted molar refractivity (Wildman–Crippen MR) is 76.9 cm³/mol. The summed E-state index contributed by atoms with van der Waals surface area (Å²) in [4.78, 5) is 14.5. The standard InChI is InChI=1S/C11H9Cl2N5O2/c1-20-10-7(12)2-6(3-8(10)13)4-14-17-9-5-15-18-11(19)16-9/h2-5H,1H3,(H2,16,17,18,19)/b14-4+. The first-order valence-electron chi connectivity index (χ1n) is 5.34. The van der Waals surface area contributed by atoms with Gasteiger partial charge in [0.1, 0.15) is 0 Å². The molecule has 1 aromatic carbocycles. The highest BCUT2D eigenvalue weighted by Gasteiger charge is 2.07. The number of rotatable bonds is 4. The molecule has 1 aromatic heterocycles. The monoisotopic (exact) mass is 313 g/mol. The normalized spacial score (nSPS) is 10.8. The Morgan fingerprint density at radius 2 is 2.10 bits per heavy atom. The topological polar surface area (TPSA) is 92.3 Å². The van der Waals surface area contributed by atoms with Crippen LogP contribution in [0.2, 0.25) is 10.0 Å². The van der Waals surface area contributed by atoms with E-state index in [9.17, 15) is 4.79 Å². The van der Waals surface area contributed by atoms with Crippen LogP contribution >= 0.6 is 23.2 Å². The van der Waals surface area contributed by atoms with Gasteiger partial charge in [-0.05, 0) is 17.7 Å². The summed E-state index contributed by atoms with van der Waals surface area (Å²) >= 11 is 12.0. The van der Waals surface area contributed by atoms with E-state index in [0.29, 0.717) is 21.4 Å². The van der Waals surface area contributed by atoms with Crippen LogP contribution in [0, 0.1) is 0 Å². The van der Waals surface area contributed by atoms with E-state index in [2.05, 4.69) is 25.7 Å². The fraction of sp³-hybridized carbons (Fsp3) is 0.0909. The molecule has 7 nitrogen and oxygen atoms in total. The molecule has 0 saturated heterocycles. The molecule has 0 bridgehead atoms. The highest BCUT2D eigenvalue weighted by molar-refractivity contribution is 6.37. The van der Waals surface area contributed by atoms with Gasteiger partial charge in [0.05, 0.1) is 29.6 Å². The summed E-state index contributed by atoms with van der Waals surface area (Å²) in [5.41, 5.74) is 2.65. The molecule has 0 aliphatic heterocycles.